The van der Waals surface area contributed by atoms with E-state index < -0.39 is 5.91 Å². The number of carbonyl (C=O) groups is 2. The lowest BCUT2D eigenvalue weighted by Crippen LogP contribution is -2.19. The summed E-state index contributed by atoms with van der Waals surface area (Å²) < 4.78 is 5.54. The fourth-order valence-electron chi connectivity index (χ4n) is 2.65. The number of aryl methyl sites for hydroxylation is 2. The number of nitrogens with one attached hydrogen (secondary N) is 1. The molecule has 0 aliphatic carbocycles. The summed E-state index contributed by atoms with van der Waals surface area (Å²) in [6.45, 7) is 4.04. The Labute approximate surface area is 139 Å². The second kappa shape index (κ2) is 6.20. The first-order chi connectivity index (χ1) is 11.5. The van der Waals surface area contributed by atoms with Gasteiger partial charge >= 0.3 is 0 Å². The summed E-state index contributed by atoms with van der Waals surface area (Å²) in [4.78, 5) is 23.8. The molecule has 0 fully saturated rings. The van der Waals surface area contributed by atoms with Crippen LogP contribution >= 0.6 is 0 Å². The first-order valence-electron chi connectivity index (χ1n) is 7.61. The average Bonchev–Trinajstić information content (AvgIpc) is 2.90. The number of rotatable bonds is 4. The van der Waals surface area contributed by atoms with Gasteiger partial charge in [0.25, 0.3) is 5.91 Å². The van der Waals surface area contributed by atoms with E-state index >= 15 is 0 Å². The minimum absolute atomic E-state index is 0.155. The predicted molar refractivity (Wildman–Crippen MR) is 93.0 cm³/mol. The number of furan rings is 1. The fraction of sp³-hybridized carbons (Fsp3) is 0.158. The van der Waals surface area contributed by atoms with Crippen LogP contribution in [0.15, 0.2) is 47.1 Å². The molecule has 0 aliphatic rings. The molecule has 2 amide bonds. The number of amides is 2. The largest absolute Gasteiger partial charge is 0.464 e. The highest BCUT2D eigenvalue weighted by Crippen LogP contribution is 2.25. The van der Waals surface area contributed by atoms with Gasteiger partial charge in [0.1, 0.15) is 5.58 Å². The van der Waals surface area contributed by atoms with E-state index in [1.54, 1.807) is 30.5 Å². The summed E-state index contributed by atoms with van der Waals surface area (Å²) in [7, 11) is 0. The van der Waals surface area contributed by atoms with Crippen LogP contribution in [0.1, 0.15) is 27.0 Å². The smallest absolute Gasteiger partial charge is 0.250 e. The molecular weight excluding hydrogens is 304 g/mol. The van der Waals surface area contributed by atoms with E-state index in [2.05, 4.69) is 5.32 Å². The minimum atomic E-state index is -0.578. The molecule has 1 aromatic heterocycles. The molecule has 3 aromatic rings. The Bertz CT molecular complexity index is 941. The molecule has 3 N–H and O–H groups in total. The number of benzene rings is 2. The van der Waals surface area contributed by atoms with Crippen LogP contribution in [-0.4, -0.2) is 11.8 Å². The van der Waals surface area contributed by atoms with Gasteiger partial charge < -0.3 is 15.5 Å². The molecule has 0 saturated heterocycles. The van der Waals surface area contributed by atoms with Gasteiger partial charge in [0.2, 0.25) is 5.91 Å². The molecule has 122 valence electrons. The lowest BCUT2D eigenvalue weighted by atomic mass is 10.0. The van der Waals surface area contributed by atoms with Gasteiger partial charge in [-0.25, -0.2) is 0 Å². The van der Waals surface area contributed by atoms with Crippen LogP contribution in [0.5, 0.6) is 0 Å². The third-order valence-corrected chi connectivity index (χ3v) is 4.09. The Balaban J connectivity index is 1.84. The Hall–Kier alpha value is -3.08. The van der Waals surface area contributed by atoms with Crippen LogP contribution in [0.4, 0.5) is 5.69 Å². The summed E-state index contributed by atoms with van der Waals surface area (Å²) in [5.74, 6) is -0.810. The molecule has 24 heavy (non-hydrogen) atoms. The number of carbonyl (C=O) groups excluding carboxylic acids is 2. The highest BCUT2D eigenvalue weighted by molar-refractivity contribution is 6.04. The maximum Gasteiger partial charge on any atom is 0.250 e. The van der Waals surface area contributed by atoms with E-state index in [1.807, 2.05) is 26.0 Å². The van der Waals surface area contributed by atoms with Gasteiger partial charge in [-0.05, 0) is 49.2 Å². The zero-order valence-corrected chi connectivity index (χ0v) is 13.6. The Morgan fingerprint density at radius 3 is 2.58 bits per heavy atom. The van der Waals surface area contributed by atoms with Crippen molar-refractivity contribution in [3.8, 4) is 0 Å². The van der Waals surface area contributed by atoms with Crippen LogP contribution in [0, 0.1) is 13.8 Å². The standard InChI is InChI=1S/C19H18N2O3/c1-11-7-15-13(10-24-17(15)8-12(11)2)9-18(22)21-16-6-4-3-5-14(16)19(20)23/h3-8,10H,9H2,1-2H3,(H2,20,23)(H,21,22). The Morgan fingerprint density at radius 1 is 1.12 bits per heavy atom. The maximum atomic E-state index is 12.3. The van der Waals surface area contributed by atoms with Crippen molar-refractivity contribution in [1.82, 2.24) is 0 Å². The molecular formula is C19H18N2O3. The maximum absolute atomic E-state index is 12.3. The van der Waals surface area contributed by atoms with Gasteiger partial charge in [-0.15, -0.1) is 0 Å². The van der Waals surface area contributed by atoms with Crippen molar-refractivity contribution in [2.75, 3.05) is 5.32 Å². The monoisotopic (exact) mass is 322 g/mol. The van der Waals surface area contributed by atoms with Gasteiger partial charge in [-0.1, -0.05) is 12.1 Å². The molecule has 1 heterocycles. The average molecular weight is 322 g/mol. The van der Waals surface area contributed by atoms with E-state index in [0.717, 1.165) is 27.7 Å². The third kappa shape index (κ3) is 3.01. The third-order valence-electron chi connectivity index (χ3n) is 4.09. The van der Waals surface area contributed by atoms with E-state index in [0.29, 0.717) is 5.69 Å². The topological polar surface area (TPSA) is 85.3 Å². The molecule has 0 radical (unpaired) electrons. The SMILES string of the molecule is Cc1cc2occ(CC(=O)Nc3ccccc3C(N)=O)c2cc1C. The summed E-state index contributed by atoms with van der Waals surface area (Å²) in [6.07, 6.45) is 1.76. The number of para-hydroxylation sites is 1. The first-order valence-corrected chi connectivity index (χ1v) is 7.61. The van der Waals surface area contributed by atoms with Gasteiger partial charge in [-0.2, -0.15) is 0 Å². The summed E-state index contributed by atoms with van der Waals surface area (Å²) in [6, 6.07) is 10.7. The second-order valence-electron chi connectivity index (χ2n) is 5.83. The number of hydrogen-bond acceptors (Lipinski definition) is 3. The van der Waals surface area contributed by atoms with Gasteiger partial charge in [-0.3, -0.25) is 9.59 Å². The van der Waals surface area contributed by atoms with Gasteiger partial charge in [0, 0.05) is 10.9 Å². The molecule has 5 heteroatoms. The quantitative estimate of drug-likeness (QED) is 0.772. The van der Waals surface area contributed by atoms with Gasteiger partial charge in [0.05, 0.1) is 23.9 Å². The number of anilines is 1. The fourth-order valence-corrected chi connectivity index (χ4v) is 2.65. The van der Waals surface area contributed by atoms with E-state index in [1.165, 1.54) is 0 Å². The highest BCUT2D eigenvalue weighted by Gasteiger charge is 2.14. The number of hydrogen-bond donors (Lipinski definition) is 2. The molecule has 0 bridgehead atoms. The van der Waals surface area contributed by atoms with E-state index in [9.17, 15) is 9.59 Å². The van der Waals surface area contributed by atoms with Crippen LogP contribution in [0.25, 0.3) is 11.0 Å². The van der Waals surface area contributed by atoms with Crippen LogP contribution < -0.4 is 11.1 Å². The van der Waals surface area contributed by atoms with Crippen molar-refractivity contribution < 1.29 is 14.0 Å². The molecule has 2 aromatic carbocycles. The Morgan fingerprint density at radius 2 is 1.83 bits per heavy atom. The number of fused-ring (bicyclic) bond motifs is 1. The van der Waals surface area contributed by atoms with E-state index in [-0.39, 0.29) is 17.9 Å². The van der Waals surface area contributed by atoms with Crippen molar-refractivity contribution in [3.63, 3.8) is 0 Å². The molecule has 0 atom stereocenters. The lowest BCUT2D eigenvalue weighted by Gasteiger charge is -2.08. The van der Waals surface area contributed by atoms with Gasteiger partial charge in [0.15, 0.2) is 0 Å². The number of primary amides is 1. The summed E-state index contributed by atoms with van der Waals surface area (Å²) in [5, 5.41) is 3.67. The molecule has 0 saturated carbocycles. The molecule has 5 nitrogen and oxygen atoms in total. The molecule has 3 rings (SSSR count). The molecule has 0 aliphatic heterocycles. The normalized spacial score (nSPS) is 10.8. The minimum Gasteiger partial charge on any atom is -0.464 e. The van der Waals surface area contributed by atoms with E-state index in [4.69, 9.17) is 10.2 Å². The number of nitrogens with two attached hydrogens (primary N) is 1. The summed E-state index contributed by atoms with van der Waals surface area (Å²) >= 11 is 0. The van der Waals surface area contributed by atoms with Crippen LogP contribution in [0.2, 0.25) is 0 Å². The lowest BCUT2D eigenvalue weighted by molar-refractivity contribution is -0.115. The van der Waals surface area contributed by atoms with Crippen molar-refractivity contribution in [1.29, 1.82) is 0 Å². The van der Waals surface area contributed by atoms with Crippen LogP contribution in [-0.2, 0) is 11.2 Å². The first kappa shape index (κ1) is 15.8. The second-order valence-corrected chi connectivity index (χ2v) is 5.83. The molecule has 0 spiro atoms. The Kier molecular flexibility index (Phi) is 4.08. The molecule has 0 unspecified atom stereocenters. The van der Waals surface area contributed by atoms with Crippen molar-refractivity contribution in [2.45, 2.75) is 20.3 Å². The summed E-state index contributed by atoms with van der Waals surface area (Å²) in [5.41, 5.74) is 9.88. The zero-order valence-electron chi connectivity index (χ0n) is 13.6. The highest BCUT2D eigenvalue weighted by atomic mass is 16.3. The zero-order chi connectivity index (χ0) is 17.3. The van der Waals surface area contributed by atoms with Crippen LogP contribution in [0.3, 0.4) is 0 Å². The van der Waals surface area contributed by atoms with Crippen molar-refractivity contribution in [2.24, 2.45) is 5.73 Å². The van der Waals surface area contributed by atoms with Crippen molar-refractivity contribution >= 4 is 28.5 Å². The van der Waals surface area contributed by atoms with Crippen molar-refractivity contribution in [3.05, 3.63) is 64.9 Å². The predicted octanol–water partition coefficient (Wildman–Crippen LogP) is 3.33.